The quantitative estimate of drug-likeness (QED) is 0.923. The fourth-order valence-electron chi connectivity index (χ4n) is 1.79. The van der Waals surface area contributed by atoms with Crippen LogP contribution in [0.2, 0.25) is 0 Å². The molecule has 1 unspecified atom stereocenters. The van der Waals surface area contributed by atoms with Gasteiger partial charge in [0.25, 0.3) is 0 Å². The molecule has 0 fully saturated rings. The van der Waals surface area contributed by atoms with E-state index in [0.717, 1.165) is 29.0 Å². The summed E-state index contributed by atoms with van der Waals surface area (Å²) in [5, 5.41) is 3.48. The summed E-state index contributed by atoms with van der Waals surface area (Å²) in [6, 6.07) is 2.02. The first-order valence-electron chi connectivity index (χ1n) is 5.67. The van der Waals surface area contributed by atoms with E-state index in [2.05, 4.69) is 33.2 Å². The molecule has 0 saturated carbocycles. The number of aryl methyl sites for hydroxylation is 1. The zero-order valence-electron chi connectivity index (χ0n) is 9.98. The molecule has 2 rings (SSSR count). The number of nitrogens with one attached hydrogen (secondary N) is 1. The summed E-state index contributed by atoms with van der Waals surface area (Å²) < 4.78 is 8.08. The summed E-state index contributed by atoms with van der Waals surface area (Å²) in [5.41, 5.74) is 1.08. The molecule has 0 spiro atoms. The molecule has 0 amide bonds. The van der Waals surface area contributed by atoms with Crippen molar-refractivity contribution >= 4 is 15.9 Å². The third-order valence-corrected chi connectivity index (χ3v) is 3.32. The Hall–Kier alpha value is -1.07. The Morgan fingerprint density at radius 1 is 1.59 bits per heavy atom. The highest BCUT2D eigenvalue weighted by atomic mass is 79.9. The normalized spacial score (nSPS) is 12.9. The summed E-state index contributed by atoms with van der Waals surface area (Å²) in [4.78, 5) is 4.40. The minimum atomic E-state index is 0.0584. The van der Waals surface area contributed by atoms with Crippen molar-refractivity contribution in [1.29, 1.82) is 0 Å². The highest BCUT2D eigenvalue weighted by Gasteiger charge is 2.21. The second-order valence-electron chi connectivity index (χ2n) is 3.93. The van der Waals surface area contributed by atoms with Crippen LogP contribution in [-0.4, -0.2) is 16.1 Å². The molecular weight excluding hydrogens is 282 g/mol. The van der Waals surface area contributed by atoms with Crippen molar-refractivity contribution in [2.24, 2.45) is 7.05 Å². The number of furan rings is 1. The summed E-state index contributed by atoms with van der Waals surface area (Å²) in [6.07, 6.45) is 6.52. The van der Waals surface area contributed by atoms with E-state index in [9.17, 15) is 0 Å². The maximum atomic E-state index is 5.30. The Kier molecular flexibility index (Phi) is 4.02. The van der Waals surface area contributed by atoms with Gasteiger partial charge in [-0.2, -0.15) is 0 Å². The monoisotopic (exact) mass is 297 g/mol. The second-order valence-corrected chi connectivity index (χ2v) is 4.65. The van der Waals surface area contributed by atoms with Crippen LogP contribution in [0.15, 0.2) is 33.8 Å². The van der Waals surface area contributed by atoms with Gasteiger partial charge in [-0.1, -0.05) is 6.92 Å². The molecule has 0 aliphatic carbocycles. The van der Waals surface area contributed by atoms with Gasteiger partial charge in [0.05, 0.1) is 12.3 Å². The fraction of sp³-hybridized carbons (Fsp3) is 0.417. The first kappa shape index (κ1) is 12.4. The maximum Gasteiger partial charge on any atom is 0.174 e. The summed E-state index contributed by atoms with van der Waals surface area (Å²) in [7, 11) is 2.00. The molecule has 17 heavy (non-hydrogen) atoms. The molecule has 4 nitrogen and oxygen atoms in total. The number of hydrogen-bond acceptors (Lipinski definition) is 3. The molecule has 2 aromatic rings. The van der Waals surface area contributed by atoms with Gasteiger partial charge in [0.2, 0.25) is 0 Å². The maximum absolute atomic E-state index is 5.30. The average Bonchev–Trinajstić information content (AvgIpc) is 2.90. The van der Waals surface area contributed by atoms with Crippen LogP contribution in [0.3, 0.4) is 0 Å². The highest BCUT2D eigenvalue weighted by Crippen LogP contribution is 2.28. The third-order valence-electron chi connectivity index (χ3n) is 2.67. The molecule has 1 N–H and O–H groups in total. The van der Waals surface area contributed by atoms with E-state index in [0.29, 0.717) is 0 Å². The molecule has 5 heteroatoms. The molecule has 0 bridgehead atoms. The number of hydrogen-bond donors (Lipinski definition) is 1. The average molecular weight is 298 g/mol. The number of imidazole rings is 1. The van der Waals surface area contributed by atoms with Gasteiger partial charge < -0.3 is 14.3 Å². The molecule has 0 aliphatic heterocycles. The van der Waals surface area contributed by atoms with Gasteiger partial charge >= 0.3 is 0 Å². The van der Waals surface area contributed by atoms with E-state index in [1.807, 2.05) is 30.1 Å². The molecular formula is C12H16BrN3O. The molecule has 0 radical (unpaired) electrons. The zero-order chi connectivity index (χ0) is 12.3. The third kappa shape index (κ3) is 2.61. The van der Waals surface area contributed by atoms with Gasteiger partial charge in [-0.25, -0.2) is 4.98 Å². The Morgan fingerprint density at radius 3 is 2.94 bits per heavy atom. The van der Waals surface area contributed by atoms with Crippen LogP contribution in [0.25, 0.3) is 0 Å². The lowest BCUT2D eigenvalue weighted by molar-refractivity contribution is 0.512. The first-order chi connectivity index (χ1) is 8.24. The summed E-state index contributed by atoms with van der Waals surface area (Å²) in [6.45, 7) is 3.09. The van der Waals surface area contributed by atoms with Gasteiger partial charge in [-0.05, 0) is 35.0 Å². The van der Waals surface area contributed by atoms with Crippen LogP contribution in [-0.2, 0) is 7.05 Å². The van der Waals surface area contributed by atoms with Crippen molar-refractivity contribution in [2.45, 2.75) is 19.4 Å². The minimum Gasteiger partial charge on any atom is -0.457 e. The Labute approximate surface area is 109 Å². The zero-order valence-corrected chi connectivity index (χ0v) is 11.6. The Balaban J connectivity index is 2.32. The molecule has 0 saturated heterocycles. The van der Waals surface area contributed by atoms with Crippen LogP contribution in [0, 0.1) is 0 Å². The first-order valence-corrected chi connectivity index (χ1v) is 6.46. The van der Waals surface area contributed by atoms with E-state index in [1.54, 1.807) is 6.26 Å². The smallest absolute Gasteiger partial charge is 0.174 e. The number of aromatic nitrogens is 2. The van der Waals surface area contributed by atoms with Crippen LogP contribution in [0.5, 0.6) is 0 Å². The number of rotatable bonds is 5. The molecule has 2 heterocycles. The fourth-order valence-corrected chi connectivity index (χ4v) is 2.26. The predicted molar refractivity (Wildman–Crippen MR) is 69.8 cm³/mol. The second kappa shape index (κ2) is 5.51. The lowest BCUT2D eigenvalue weighted by Crippen LogP contribution is -2.25. The van der Waals surface area contributed by atoms with Gasteiger partial charge in [0, 0.05) is 25.0 Å². The van der Waals surface area contributed by atoms with Crippen LogP contribution in [0.4, 0.5) is 0 Å². The number of nitrogens with zero attached hydrogens (tertiary/aromatic N) is 2. The molecule has 2 aromatic heterocycles. The lowest BCUT2D eigenvalue weighted by atomic mass is 10.1. The van der Waals surface area contributed by atoms with Crippen molar-refractivity contribution in [3.8, 4) is 0 Å². The summed E-state index contributed by atoms with van der Waals surface area (Å²) in [5.74, 6) is 0.987. The molecule has 0 aliphatic rings. The van der Waals surface area contributed by atoms with Gasteiger partial charge in [-0.3, -0.25) is 0 Å². The van der Waals surface area contributed by atoms with Crippen molar-refractivity contribution in [1.82, 2.24) is 14.9 Å². The van der Waals surface area contributed by atoms with Crippen LogP contribution < -0.4 is 5.32 Å². The van der Waals surface area contributed by atoms with E-state index in [4.69, 9.17) is 4.42 Å². The lowest BCUT2D eigenvalue weighted by Gasteiger charge is -2.17. The largest absolute Gasteiger partial charge is 0.457 e. The standard InChI is InChI=1S/C12H16BrN3O/c1-3-5-14-10(9-4-8-17-11(9)13)12-15-6-7-16(12)2/h4,6-8,10,14H,3,5H2,1-2H3. The Bertz CT molecular complexity index is 437. The predicted octanol–water partition coefficient (Wildman–Crippen LogP) is 2.86. The molecule has 1 atom stereocenters. The van der Waals surface area contributed by atoms with Crippen LogP contribution >= 0.6 is 15.9 Å². The SMILES string of the molecule is CCCNC(c1ccoc1Br)c1nccn1C. The van der Waals surface area contributed by atoms with Crippen molar-refractivity contribution < 1.29 is 4.42 Å². The van der Waals surface area contributed by atoms with Gasteiger partial charge in [0.15, 0.2) is 4.67 Å². The summed E-state index contributed by atoms with van der Waals surface area (Å²) >= 11 is 3.43. The van der Waals surface area contributed by atoms with E-state index in [1.165, 1.54) is 0 Å². The molecule has 0 aromatic carbocycles. The minimum absolute atomic E-state index is 0.0584. The van der Waals surface area contributed by atoms with Crippen molar-refractivity contribution in [3.63, 3.8) is 0 Å². The molecule has 92 valence electrons. The van der Waals surface area contributed by atoms with Gasteiger partial charge in [-0.15, -0.1) is 0 Å². The van der Waals surface area contributed by atoms with E-state index >= 15 is 0 Å². The topological polar surface area (TPSA) is 43.0 Å². The van der Waals surface area contributed by atoms with E-state index < -0.39 is 0 Å². The van der Waals surface area contributed by atoms with E-state index in [-0.39, 0.29) is 6.04 Å². The van der Waals surface area contributed by atoms with Gasteiger partial charge in [0.1, 0.15) is 5.82 Å². The van der Waals surface area contributed by atoms with Crippen molar-refractivity contribution in [2.75, 3.05) is 6.54 Å². The Morgan fingerprint density at radius 2 is 2.41 bits per heavy atom. The van der Waals surface area contributed by atoms with Crippen molar-refractivity contribution in [3.05, 3.63) is 40.8 Å². The highest BCUT2D eigenvalue weighted by molar-refractivity contribution is 9.10. The number of halogens is 1. The van der Waals surface area contributed by atoms with Crippen LogP contribution in [0.1, 0.15) is 30.8 Å².